The highest BCUT2D eigenvalue weighted by molar-refractivity contribution is 5.63. The lowest BCUT2D eigenvalue weighted by Gasteiger charge is -2.20. The quantitative estimate of drug-likeness (QED) is 0.589. The fraction of sp³-hybridized carbons (Fsp3) is 0.364. The molecule has 0 aliphatic carbocycles. The van der Waals surface area contributed by atoms with Crippen LogP contribution in [-0.4, -0.2) is 11.9 Å². The molecule has 0 saturated carbocycles. The first kappa shape index (κ1) is 10.6. The molecule has 14 heavy (non-hydrogen) atoms. The van der Waals surface area contributed by atoms with Crippen molar-refractivity contribution in [3.8, 4) is 5.75 Å². The van der Waals surface area contributed by atoms with Crippen molar-refractivity contribution in [1.82, 2.24) is 0 Å². The first-order chi connectivity index (χ1) is 6.44. The number of hydrogen-bond donors (Lipinski definition) is 1. The van der Waals surface area contributed by atoms with Crippen LogP contribution < -0.4 is 10.5 Å². The number of carbonyl (C=O) groups excluding carboxylic acids is 1. The zero-order chi connectivity index (χ0) is 10.8. The molecular weight excluding hydrogens is 178 g/mol. The second-order valence-corrected chi connectivity index (χ2v) is 3.86. The minimum Gasteiger partial charge on any atom is -0.478 e. The Balaban J connectivity index is 2.92. The third kappa shape index (κ3) is 2.49. The highest BCUT2D eigenvalue weighted by Crippen LogP contribution is 2.25. The summed E-state index contributed by atoms with van der Waals surface area (Å²) in [6.07, 6.45) is 0.756. The second kappa shape index (κ2) is 3.70. The molecule has 3 heteroatoms. The van der Waals surface area contributed by atoms with Gasteiger partial charge in [0.2, 0.25) is 0 Å². The molecule has 0 aliphatic rings. The van der Waals surface area contributed by atoms with E-state index in [4.69, 9.17) is 10.5 Å². The molecular formula is C11H15NO2. The summed E-state index contributed by atoms with van der Waals surface area (Å²) in [4.78, 5) is 10.6. The van der Waals surface area contributed by atoms with E-state index in [9.17, 15) is 4.79 Å². The summed E-state index contributed by atoms with van der Waals surface area (Å²) >= 11 is 0. The first-order valence-corrected chi connectivity index (χ1v) is 4.46. The molecule has 1 aromatic rings. The molecule has 0 radical (unpaired) electrons. The Hall–Kier alpha value is -1.51. The molecule has 1 rings (SSSR count). The standard InChI is InChI=1S/C11H15NO2/c1-8-4-5-10(9(12)6-8)14-11(2,3)7-13/h4-7H,12H2,1-3H3. The molecule has 0 aliphatic heterocycles. The third-order valence-corrected chi connectivity index (χ3v) is 1.82. The fourth-order valence-electron chi connectivity index (χ4n) is 1.07. The van der Waals surface area contributed by atoms with Crippen LogP contribution in [-0.2, 0) is 4.79 Å². The summed E-state index contributed by atoms with van der Waals surface area (Å²) in [5.41, 5.74) is 6.54. The average Bonchev–Trinajstić information content (AvgIpc) is 2.10. The lowest BCUT2D eigenvalue weighted by molar-refractivity contribution is -0.118. The Labute approximate surface area is 83.9 Å². The number of anilines is 1. The van der Waals surface area contributed by atoms with Crippen LogP contribution in [0.3, 0.4) is 0 Å². The van der Waals surface area contributed by atoms with Gasteiger partial charge in [-0.2, -0.15) is 0 Å². The van der Waals surface area contributed by atoms with Crippen molar-refractivity contribution in [2.75, 3.05) is 5.73 Å². The molecule has 0 heterocycles. The van der Waals surface area contributed by atoms with Gasteiger partial charge in [0, 0.05) is 0 Å². The largest absolute Gasteiger partial charge is 0.478 e. The van der Waals surface area contributed by atoms with Crippen LogP contribution in [0, 0.1) is 6.92 Å². The van der Waals surface area contributed by atoms with E-state index in [1.54, 1.807) is 19.9 Å². The van der Waals surface area contributed by atoms with Crippen LogP contribution in [0.5, 0.6) is 5.75 Å². The van der Waals surface area contributed by atoms with Crippen LogP contribution in [0.15, 0.2) is 18.2 Å². The Morgan fingerprint density at radius 2 is 2.07 bits per heavy atom. The van der Waals surface area contributed by atoms with Gasteiger partial charge < -0.3 is 10.5 Å². The van der Waals surface area contributed by atoms with Crippen molar-refractivity contribution in [1.29, 1.82) is 0 Å². The Bertz CT molecular complexity index is 345. The van der Waals surface area contributed by atoms with Crippen molar-refractivity contribution >= 4 is 12.0 Å². The van der Waals surface area contributed by atoms with Gasteiger partial charge in [0.15, 0.2) is 11.9 Å². The molecule has 76 valence electrons. The summed E-state index contributed by atoms with van der Waals surface area (Å²) in [6.45, 7) is 5.34. The molecule has 1 aromatic carbocycles. The van der Waals surface area contributed by atoms with E-state index in [-0.39, 0.29) is 0 Å². The van der Waals surface area contributed by atoms with Gasteiger partial charge in [0.1, 0.15) is 5.75 Å². The maximum atomic E-state index is 10.6. The monoisotopic (exact) mass is 193 g/mol. The first-order valence-electron chi connectivity index (χ1n) is 4.46. The number of benzene rings is 1. The van der Waals surface area contributed by atoms with Crippen LogP contribution >= 0.6 is 0 Å². The molecule has 0 spiro atoms. The number of ether oxygens (including phenoxy) is 1. The maximum Gasteiger partial charge on any atom is 0.162 e. The number of aldehydes is 1. The van der Waals surface area contributed by atoms with Gasteiger partial charge in [0.05, 0.1) is 5.69 Å². The minimum absolute atomic E-state index is 0.549. The van der Waals surface area contributed by atoms with E-state index in [2.05, 4.69) is 0 Å². The normalized spacial score (nSPS) is 11.1. The second-order valence-electron chi connectivity index (χ2n) is 3.86. The van der Waals surface area contributed by atoms with Crippen LogP contribution in [0.1, 0.15) is 19.4 Å². The molecule has 3 nitrogen and oxygen atoms in total. The average molecular weight is 193 g/mol. The minimum atomic E-state index is -0.830. The summed E-state index contributed by atoms with van der Waals surface area (Å²) < 4.78 is 5.44. The van der Waals surface area contributed by atoms with Crippen LogP contribution in [0.4, 0.5) is 5.69 Å². The van der Waals surface area contributed by atoms with Crippen molar-refractivity contribution < 1.29 is 9.53 Å². The maximum absolute atomic E-state index is 10.6. The lowest BCUT2D eigenvalue weighted by atomic mass is 10.1. The highest BCUT2D eigenvalue weighted by atomic mass is 16.5. The van der Waals surface area contributed by atoms with E-state index in [0.29, 0.717) is 11.4 Å². The zero-order valence-corrected chi connectivity index (χ0v) is 8.70. The van der Waals surface area contributed by atoms with Gasteiger partial charge in [-0.1, -0.05) is 6.07 Å². The van der Waals surface area contributed by atoms with Gasteiger partial charge in [-0.05, 0) is 38.5 Å². The van der Waals surface area contributed by atoms with Crippen molar-refractivity contribution in [3.05, 3.63) is 23.8 Å². The van der Waals surface area contributed by atoms with Crippen molar-refractivity contribution in [2.24, 2.45) is 0 Å². The van der Waals surface area contributed by atoms with Gasteiger partial charge in [-0.15, -0.1) is 0 Å². The number of hydrogen-bond acceptors (Lipinski definition) is 3. The molecule has 0 aromatic heterocycles. The van der Waals surface area contributed by atoms with E-state index in [0.717, 1.165) is 11.8 Å². The van der Waals surface area contributed by atoms with Crippen LogP contribution in [0.25, 0.3) is 0 Å². The molecule has 0 atom stereocenters. The summed E-state index contributed by atoms with van der Waals surface area (Å²) in [5, 5.41) is 0. The van der Waals surface area contributed by atoms with Crippen LogP contribution in [0.2, 0.25) is 0 Å². The molecule has 0 amide bonds. The van der Waals surface area contributed by atoms with Gasteiger partial charge >= 0.3 is 0 Å². The SMILES string of the molecule is Cc1ccc(OC(C)(C)C=O)c(N)c1. The summed E-state index contributed by atoms with van der Waals surface area (Å²) in [6, 6.07) is 5.48. The number of aryl methyl sites for hydroxylation is 1. The van der Waals surface area contributed by atoms with Gasteiger partial charge in [-0.25, -0.2) is 0 Å². The molecule has 0 bridgehead atoms. The van der Waals surface area contributed by atoms with E-state index in [1.165, 1.54) is 0 Å². The summed E-state index contributed by atoms with van der Waals surface area (Å²) in [5.74, 6) is 0.549. The predicted octanol–water partition coefficient (Wildman–Crippen LogP) is 1.93. The van der Waals surface area contributed by atoms with E-state index < -0.39 is 5.60 Å². The Kier molecular flexibility index (Phi) is 2.79. The highest BCUT2D eigenvalue weighted by Gasteiger charge is 2.19. The molecule has 0 unspecified atom stereocenters. The number of rotatable bonds is 3. The van der Waals surface area contributed by atoms with Crippen molar-refractivity contribution in [3.63, 3.8) is 0 Å². The number of nitrogen functional groups attached to an aromatic ring is 1. The number of nitrogens with two attached hydrogens (primary N) is 1. The smallest absolute Gasteiger partial charge is 0.162 e. The molecule has 2 N–H and O–H groups in total. The molecule has 0 fully saturated rings. The molecule has 0 saturated heterocycles. The third-order valence-electron chi connectivity index (χ3n) is 1.82. The van der Waals surface area contributed by atoms with Crippen molar-refractivity contribution in [2.45, 2.75) is 26.4 Å². The summed E-state index contributed by atoms with van der Waals surface area (Å²) in [7, 11) is 0. The topological polar surface area (TPSA) is 52.3 Å². The van der Waals surface area contributed by atoms with E-state index >= 15 is 0 Å². The Morgan fingerprint density at radius 3 is 2.57 bits per heavy atom. The predicted molar refractivity (Wildman–Crippen MR) is 56.4 cm³/mol. The zero-order valence-electron chi connectivity index (χ0n) is 8.70. The number of carbonyl (C=O) groups is 1. The van der Waals surface area contributed by atoms with Gasteiger partial charge in [0.25, 0.3) is 0 Å². The van der Waals surface area contributed by atoms with Gasteiger partial charge in [-0.3, -0.25) is 4.79 Å². The Morgan fingerprint density at radius 1 is 1.43 bits per heavy atom. The lowest BCUT2D eigenvalue weighted by Crippen LogP contribution is -2.30. The fourth-order valence-corrected chi connectivity index (χ4v) is 1.07. The van der Waals surface area contributed by atoms with E-state index in [1.807, 2.05) is 19.1 Å².